The largest absolute Gasteiger partial charge is 0.422 e. The maximum atomic E-state index is 13.1. The zero-order valence-corrected chi connectivity index (χ0v) is 23.3. The monoisotopic (exact) mass is 506 g/mol. The summed E-state index contributed by atoms with van der Waals surface area (Å²) in [6.45, 7) is 6.12. The lowest BCUT2D eigenvalue weighted by Gasteiger charge is -2.20. The Balaban J connectivity index is 1.69. The number of ether oxygens (including phenoxy) is 1. The number of Topliss-reactive ketones (excluding diaryl/α,β-unsaturated/α-hetero) is 2. The number of unbranched alkanes of at least 4 members (excludes halogenated alkanes) is 11. The summed E-state index contributed by atoms with van der Waals surface area (Å²) < 4.78 is 5.53. The van der Waals surface area contributed by atoms with Gasteiger partial charge in [0.25, 0.3) is 0 Å². The van der Waals surface area contributed by atoms with Gasteiger partial charge in [0, 0.05) is 17.5 Å². The number of carbonyl (C=O) groups excluding carboxylic acids is 3. The highest BCUT2D eigenvalue weighted by Gasteiger charge is 2.33. The number of esters is 1. The van der Waals surface area contributed by atoms with Gasteiger partial charge in [0.1, 0.15) is 0 Å². The van der Waals surface area contributed by atoms with Crippen LogP contribution in [0.15, 0.2) is 59.4 Å². The van der Waals surface area contributed by atoms with Gasteiger partial charge in [0.05, 0.1) is 5.57 Å². The van der Waals surface area contributed by atoms with Crippen molar-refractivity contribution in [2.24, 2.45) is 0 Å². The Kier molecular flexibility index (Phi) is 14.5. The molecule has 0 saturated heterocycles. The van der Waals surface area contributed by atoms with Crippen LogP contribution in [0.4, 0.5) is 0 Å². The molecule has 4 heteroatoms. The van der Waals surface area contributed by atoms with Gasteiger partial charge in [-0.3, -0.25) is 14.4 Å². The lowest BCUT2D eigenvalue weighted by atomic mass is 9.86. The predicted octanol–water partition coefficient (Wildman–Crippen LogP) is 9.26. The van der Waals surface area contributed by atoms with Crippen molar-refractivity contribution in [3.63, 3.8) is 0 Å². The summed E-state index contributed by atoms with van der Waals surface area (Å²) in [6.07, 6.45) is 22.5. The number of hydrogen-bond acceptors (Lipinski definition) is 4. The molecule has 0 N–H and O–H groups in total. The topological polar surface area (TPSA) is 60.4 Å². The van der Waals surface area contributed by atoms with Crippen molar-refractivity contribution < 1.29 is 19.1 Å². The van der Waals surface area contributed by atoms with Gasteiger partial charge in [-0.2, -0.15) is 0 Å². The van der Waals surface area contributed by atoms with Crippen LogP contribution < -0.4 is 0 Å². The van der Waals surface area contributed by atoms with Crippen molar-refractivity contribution in [1.82, 2.24) is 0 Å². The Labute approximate surface area is 224 Å². The van der Waals surface area contributed by atoms with Crippen molar-refractivity contribution in [3.8, 4) is 0 Å². The first kappa shape index (κ1) is 30.5. The van der Waals surface area contributed by atoms with E-state index in [0.29, 0.717) is 11.1 Å². The first-order valence-corrected chi connectivity index (χ1v) is 14.4. The molecule has 0 bridgehead atoms. The maximum Gasteiger partial charge on any atom is 0.311 e. The molecule has 0 spiro atoms. The highest BCUT2D eigenvalue weighted by molar-refractivity contribution is 6.26. The third kappa shape index (κ3) is 11.0. The summed E-state index contributed by atoms with van der Waals surface area (Å²) in [5.41, 5.74) is 1.98. The zero-order valence-electron chi connectivity index (χ0n) is 23.3. The molecule has 0 aliphatic heterocycles. The smallest absolute Gasteiger partial charge is 0.311 e. The molecule has 0 amide bonds. The van der Waals surface area contributed by atoms with Crippen LogP contribution in [0.1, 0.15) is 138 Å². The first-order chi connectivity index (χ1) is 18.0. The van der Waals surface area contributed by atoms with Crippen LogP contribution in [0.5, 0.6) is 0 Å². The summed E-state index contributed by atoms with van der Waals surface area (Å²) in [6, 6.07) is 6.73. The number of fused-ring (bicyclic) bond motifs is 1. The summed E-state index contributed by atoms with van der Waals surface area (Å²) >= 11 is 0. The van der Waals surface area contributed by atoms with Gasteiger partial charge in [-0.05, 0) is 52.4 Å². The molecule has 1 aliphatic carbocycles. The third-order valence-corrected chi connectivity index (χ3v) is 6.74. The quantitative estimate of drug-likeness (QED) is 0.113. The summed E-state index contributed by atoms with van der Waals surface area (Å²) in [5, 5.41) is 0. The fourth-order valence-corrected chi connectivity index (χ4v) is 4.51. The van der Waals surface area contributed by atoms with E-state index in [4.69, 9.17) is 4.74 Å². The third-order valence-electron chi connectivity index (χ3n) is 6.74. The van der Waals surface area contributed by atoms with E-state index in [9.17, 15) is 14.4 Å². The van der Waals surface area contributed by atoms with Gasteiger partial charge in [-0.25, -0.2) is 0 Å². The lowest BCUT2D eigenvalue weighted by molar-refractivity contribution is -0.139. The molecule has 202 valence electrons. The van der Waals surface area contributed by atoms with Crippen LogP contribution in [0.25, 0.3) is 0 Å². The molecule has 1 aliphatic rings. The fraction of sp³-hybridized carbons (Fsp3) is 0.545. The molecule has 0 atom stereocenters. The average molecular weight is 507 g/mol. The summed E-state index contributed by atoms with van der Waals surface area (Å²) in [7, 11) is 0. The first-order valence-electron chi connectivity index (χ1n) is 14.4. The van der Waals surface area contributed by atoms with Crippen molar-refractivity contribution in [1.29, 1.82) is 0 Å². The van der Waals surface area contributed by atoms with E-state index in [0.717, 1.165) is 37.7 Å². The van der Waals surface area contributed by atoms with Gasteiger partial charge in [-0.15, -0.1) is 0 Å². The fourth-order valence-electron chi connectivity index (χ4n) is 4.51. The van der Waals surface area contributed by atoms with E-state index >= 15 is 0 Å². The Hall–Kier alpha value is -2.75. The normalized spacial score (nSPS) is 13.3. The van der Waals surface area contributed by atoms with Gasteiger partial charge in [-0.1, -0.05) is 106 Å². The highest BCUT2D eigenvalue weighted by atomic mass is 16.5. The minimum absolute atomic E-state index is 0.0982. The van der Waals surface area contributed by atoms with Gasteiger partial charge < -0.3 is 4.74 Å². The van der Waals surface area contributed by atoms with E-state index in [2.05, 4.69) is 19.1 Å². The van der Waals surface area contributed by atoms with Crippen LogP contribution in [-0.2, 0) is 9.53 Å². The van der Waals surface area contributed by atoms with Crippen molar-refractivity contribution in [2.45, 2.75) is 117 Å². The summed E-state index contributed by atoms with van der Waals surface area (Å²) in [5.74, 6) is -1.16. The predicted molar refractivity (Wildman–Crippen MR) is 152 cm³/mol. The number of allylic oxidation sites excluding steroid dienone is 6. The van der Waals surface area contributed by atoms with Crippen LogP contribution >= 0.6 is 0 Å². The minimum Gasteiger partial charge on any atom is -0.422 e. The van der Waals surface area contributed by atoms with Gasteiger partial charge in [0.15, 0.2) is 11.5 Å². The van der Waals surface area contributed by atoms with Crippen molar-refractivity contribution >= 4 is 17.5 Å². The second-order valence-electron chi connectivity index (χ2n) is 10.3. The molecule has 1 aromatic rings. The zero-order chi connectivity index (χ0) is 26.9. The number of carbonyl (C=O) groups is 3. The molecule has 0 unspecified atom stereocenters. The molecule has 37 heavy (non-hydrogen) atoms. The molecule has 0 radical (unpaired) electrons. The van der Waals surface area contributed by atoms with E-state index in [1.54, 1.807) is 24.3 Å². The van der Waals surface area contributed by atoms with Crippen LogP contribution in [0.2, 0.25) is 0 Å². The van der Waals surface area contributed by atoms with Crippen LogP contribution in [-0.4, -0.2) is 17.5 Å². The SMILES string of the molecule is CCCCCCCC/C=C\CCCCCCCC(=O)OC1=C(CC=C(C)C)C(=O)c2ccccc2C1=O. The van der Waals surface area contributed by atoms with E-state index < -0.39 is 5.97 Å². The van der Waals surface area contributed by atoms with E-state index in [1.807, 2.05) is 19.9 Å². The molecule has 0 saturated carbocycles. The highest BCUT2D eigenvalue weighted by Crippen LogP contribution is 2.30. The van der Waals surface area contributed by atoms with Crippen LogP contribution in [0, 0.1) is 0 Å². The second kappa shape index (κ2) is 17.7. The molecule has 2 rings (SSSR count). The van der Waals surface area contributed by atoms with Crippen molar-refractivity contribution in [3.05, 3.63) is 70.5 Å². The van der Waals surface area contributed by atoms with Crippen molar-refractivity contribution in [2.75, 3.05) is 0 Å². The Bertz CT molecular complexity index is 976. The Morgan fingerprint density at radius 2 is 1.30 bits per heavy atom. The molecule has 1 aromatic carbocycles. The molecular weight excluding hydrogens is 460 g/mol. The number of ketones is 2. The maximum absolute atomic E-state index is 13.1. The van der Waals surface area contributed by atoms with Crippen LogP contribution in [0.3, 0.4) is 0 Å². The number of hydrogen-bond donors (Lipinski definition) is 0. The van der Waals surface area contributed by atoms with Gasteiger partial charge >= 0.3 is 5.97 Å². The van der Waals surface area contributed by atoms with E-state index in [1.165, 1.54) is 51.4 Å². The standard InChI is InChI=1S/C33H46O4/c1-4-5-6-7-8-9-10-11-12-13-14-15-16-17-18-23-30(34)37-33-29(25-24-26(2)3)31(35)27-21-19-20-22-28(27)32(33)36/h11-12,19-22,24H,4-10,13-18,23,25H2,1-3H3/b12-11-. The molecule has 4 nitrogen and oxygen atoms in total. The number of benzene rings is 1. The molecular formula is C33H46O4. The Morgan fingerprint density at radius 3 is 1.89 bits per heavy atom. The Morgan fingerprint density at radius 1 is 0.757 bits per heavy atom. The summed E-state index contributed by atoms with van der Waals surface area (Å²) in [4.78, 5) is 38.6. The molecule has 0 aromatic heterocycles. The second-order valence-corrected chi connectivity index (χ2v) is 10.3. The molecule has 0 fully saturated rings. The average Bonchev–Trinajstić information content (AvgIpc) is 2.89. The molecule has 0 heterocycles. The lowest BCUT2D eigenvalue weighted by Crippen LogP contribution is -2.25. The minimum atomic E-state index is -0.442. The van der Waals surface area contributed by atoms with E-state index in [-0.39, 0.29) is 35.7 Å². The number of rotatable bonds is 18. The van der Waals surface area contributed by atoms with Gasteiger partial charge in [0.2, 0.25) is 5.78 Å².